The van der Waals surface area contributed by atoms with E-state index in [4.69, 9.17) is 4.52 Å². The number of pyridine rings is 1. The second-order valence-electron chi connectivity index (χ2n) is 3.96. The largest absolute Gasteiger partial charge is 0.368 e. The Morgan fingerprint density at radius 1 is 1.16 bits per heavy atom. The van der Waals surface area contributed by atoms with Gasteiger partial charge < -0.3 is 15.2 Å². The predicted molar refractivity (Wildman–Crippen MR) is 66.9 cm³/mol. The van der Waals surface area contributed by atoms with Crippen molar-refractivity contribution in [1.82, 2.24) is 10.1 Å². The number of rotatable bonds is 5. The lowest BCUT2D eigenvalue weighted by Gasteiger charge is -2.09. The average Bonchev–Trinajstić information content (AvgIpc) is 2.77. The first kappa shape index (κ1) is 13.3. The molecule has 0 aliphatic rings. The lowest BCUT2D eigenvalue weighted by Crippen LogP contribution is -2.08. The van der Waals surface area contributed by atoms with Gasteiger partial charge in [-0.05, 0) is 13.8 Å². The van der Waals surface area contributed by atoms with Crippen molar-refractivity contribution >= 4 is 11.6 Å². The normalized spacial score (nSPS) is 10.5. The fourth-order valence-electron chi connectivity index (χ4n) is 1.56. The Morgan fingerprint density at radius 2 is 1.84 bits per heavy atom. The number of hydrogen-bond donors (Lipinski definition) is 2. The summed E-state index contributed by atoms with van der Waals surface area (Å²) in [5.41, 5.74) is 0.619. The third kappa shape index (κ3) is 3.18. The van der Waals surface area contributed by atoms with Crippen LogP contribution in [0, 0.1) is 18.6 Å². The van der Waals surface area contributed by atoms with Crippen LogP contribution in [-0.2, 0) is 6.54 Å². The zero-order chi connectivity index (χ0) is 13.8. The number of halogens is 2. The van der Waals surface area contributed by atoms with Crippen LogP contribution in [0.5, 0.6) is 0 Å². The number of nitrogens with zero attached hydrogens (tertiary/aromatic N) is 2. The molecule has 2 rings (SSSR count). The molecule has 0 unspecified atom stereocenters. The van der Waals surface area contributed by atoms with E-state index in [1.807, 2.05) is 0 Å². The van der Waals surface area contributed by atoms with Gasteiger partial charge in [-0.1, -0.05) is 5.16 Å². The molecule has 0 bridgehead atoms. The lowest BCUT2D eigenvalue weighted by molar-refractivity contribution is 0.391. The summed E-state index contributed by atoms with van der Waals surface area (Å²) < 4.78 is 31.8. The Bertz CT molecular complexity index is 571. The van der Waals surface area contributed by atoms with Crippen molar-refractivity contribution in [1.29, 1.82) is 0 Å². The summed E-state index contributed by atoms with van der Waals surface area (Å²) in [6, 6.07) is 2.51. The maximum Gasteiger partial charge on any atom is 0.168 e. The fourth-order valence-corrected chi connectivity index (χ4v) is 1.56. The van der Waals surface area contributed by atoms with Crippen molar-refractivity contribution in [3.05, 3.63) is 35.2 Å². The highest BCUT2D eigenvalue weighted by Gasteiger charge is 2.11. The van der Waals surface area contributed by atoms with E-state index in [2.05, 4.69) is 20.8 Å². The van der Waals surface area contributed by atoms with Crippen molar-refractivity contribution in [2.24, 2.45) is 0 Å². The predicted octanol–water partition coefficient (Wildman–Crippen LogP) is 2.70. The van der Waals surface area contributed by atoms with Gasteiger partial charge >= 0.3 is 0 Å². The van der Waals surface area contributed by atoms with Crippen LogP contribution in [0.4, 0.5) is 20.4 Å². The summed E-state index contributed by atoms with van der Waals surface area (Å²) in [4.78, 5) is 3.85. The SMILES string of the molecule is CCNc1nc(NCc2cc(C)on2)c(F)cc1F. The van der Waals surface area contributed by atoms with E-state index in [0.717, 1.165) is 6.07 Å². The van der Waals surface area contributed by atoms with Gasteiger partial charge in [0.1, 0.15) is 11.5 Å². The molecule has 0 aromatic carbocycles. The average molecular weight is 268 g/mol. The first-order valence-electron chi connectivity index (χ1n) is 5.86. The quantitative estimate of drug-likeness (QED) is 0.873. The van der Waals surface area contributed by atoms with Crippen LogP contribution in [0.3, 0.4) is 0 Å². The molecule has 0 saturated heterocycles. The van der Waals surface area contributed by atoms with Gasteiger partial charge in [-0.3, -0.25) is 0 Å². The molecular formula is C12H14F2N4O. The lowest BCUT2D eigenvalue weighted by atomic mass is 10.3. The van der Waals surface area contributed by atoms with E-state index in [-0.39, 0.29) is 18.2 Å². The molecule has 0 aliphatic heterocycles. The molecule has 19 heavy (non-hydrogen) atoms. The molecule has 2 N–H and O–H groups in total. The molecule has 0 atom stereocenters. The van der Waals surface area contributed by atoms with Gasteiger partial charge in [-0.2, -0.15) is 0 Å². The first-order chi connectivity index (χ1) is 9.10. The van der Waals surface area contributed by atoms with Crippen LogP contribution >= 0.6 is 0 Å². The second kappa shape index (κ2) is 5.64. The van der Waals surface area contributed by atoms with E-state index in [0.29, 0.717) is 18.0 Å². The molecule has 2 heterocycles. The van der Waals surface area contributed by atoms with Gasteiger partial charge in [-0.15, -0.1) is 0 Å². The summed E-state index contributed by atoms with van der Waals surface area (Å²) in [7, 11) is 0. The van der Waals surface area contributed by atoms with Crippen LogP contribution in [0.25, 0.3) is 0 Å². The highest BCUT2D eigenvalue weighted by Crippen LogP contribution is 2.19. The van der Waals surface area contributed by atoms with E-state index < -0.39 is 11.6 Å². The molecule has 0 fully saturated rings. The van der Waals surface area contributed by atoms with Crippen LogP contribution in [0.1, 0.15) is 18.4 Å². The zero-order valence-electron chi connectivity index (χ0n) is 10.6. The minimum Gasteiger partial charge on any atom is -0.368 e. The molecule has 102 valence electrons. The maximum atomic E-state index is 13.5. The Labute approximate surface area is 109 Å². The molecule has 7 heteroatoms. The number of nitrogens with one attached hydrogen (secondary N) is 2. The molecule has 0 amide bonds. The molecule has 0 radical (unpaired) electrons. The van der Waals surface area contributed by atoms with Crippen molar-refractivity contribution < 1.29 is 13.3 Å². The van der Waals surface area contributed by atoms with Crippen LogP contribution in [0.15, 0.2) is 16.7 Å². The molecule has 0 spiro atoms. The standard InChI is InChI=1S/C12H14F2N4O/c1-3-15-11-9(13)5-10(14)12(17-11)16-6-8-4-7(2)19-18-8/h4-5H,3,6H2,1-2H3,(H2,15,16,17). The van der Waals surface area contributed by atoms with Crippen molar-refractivity contribution in [3.8, 4) is 0 Å². The molecule has 5 nitrogen and oxygen atoms in total. The summed E-state index contributed by atoms with van der Waals surface area (Å²) >= 11 is 0. The van der Waals surface area contributed by atoms with E-state index >= 15 is 0 Å². The summed E-state index contributed by atoms with van der Waals surface area (Å²) in [6.45, 7) is 4.31. The third-order valence-electron chi connectivity index (χ3n) is 2.39. The zero-order valence-corrected chi connectivity index (χ0v) is 10.6. The Balaban J connectivity index is 2.13. The summed E-state index contributed by atoms with van der Waals surface area (Å²) in [5, 5.41) is 9.23. The first-order valence-corrected chi connectivity index (χ1v) is 5.86. The topological polar surface area (TPSA) is 63.0 Å². The minimum atomic E-state index is -0.751. The Kier molecular flexibility index (Phi) is 3.94. The monoisotopic (exact) mass is 268 g/mol. The van der Waals surface area contributed by atoms with E-state index in [9.17, 15) is 8.78 Å². The molecule has 2 aromatic rings. The smallest absolute Gasteiger partial charge is 0.168 e. The Hall–Kier alpha value is -2.18. The number of anilines is 2. The van der Waals surface area contributed by atoms with Crippen LogP contribution < -0.4 is 10.6 Å². The summed E-state index contributed by atoms with van der Waals surface area (Å²) in [5.74, 6) is -0.819. The van der Waals surface area contributed by atoms with Crippen LogP contribution in [-0.4, -0.2) is 16.7 Å². The Morgan fingerprint density at radius 3 is 2.42 bits per heavy atom. The second-order valence-corrected chi connectivity index (χ2v) is 3.96. The van der Waals surface area contributed by atoms with Gasteiger partial charge in [0.05, 0.1) is 6.54 Å². The van der Waals surface area contributed by atoms with Gasteiger partial charge in [0.2, 0.25) is 0 Å². The number of aryl methyl sites for hydroxylation is 1. The summed E-state index contributed by atoms with van der Waals surface area (Å²) in [6.07, 6.45) is 0. The molecule has 0 saturated carbocycles. The molecule has 2 aromatic heterocycles. The van der Waals surface area contributed by atoms with Gasteiger partial charge in [0.15, 0.2) is 23.3 Å². The van der Waals surface area contributed by atoms with Crippen LogP contribution in [0.2, 0.25) is 0 Å². The highest BCUT2D eigenvalue weighted by atomic mass is 19.1. The third-order valence-corrected chi connectivity index (χ3v) is 2.39. The minimum absolute atomic E-state index is 0.0164. The van der Waals surface area contributed by atoms with E-state index in [1.165, 1.54) is 0 Å². The van der Waals surface area contributed by atoms with Crippen molar-refractivity contribution in [2.75, 3.05) is 17.2 Å². The van der Waals surface area contributed by atoms with Gasteiger partial charge in [0.25, 0.3) is 0 Å². The van der Waals surface area contributed by atoms with Gasteiger partial charge in [-0.25, -0.2) is 13.8 Å². The molecule has 0 aliphatic carbocycles. The molecular weight excluding hydrogens is 254 g/mol. The highest BCUT2D eigenvalue weighted by molar-refractivity contribution is 5.47. The number of hydrogen-bond acceptors (Lipinski definition) is 5. The van der Waals surface area contributed by atoms with Crippen molar-refractivity contribution in [3.63, 3.8) is 0 Å². The van der Waals surface area contributed by atoms with E-state index in [1.54, 1.807) is 19.9 Å². The maximum absolute atomic E-state index is 13.5. The van der Waals surface area contributed by atoms with Gasteiger partial charge in [0, 0.05) is 18.7 Å². The number of aromatic nitrogens is 2. The fraction of sp³-hybridized carbons (Fsp3) is 0.333. The van der Waals surface area contributed by atoms with Crippen molar-refractivity contribution in [2.45, 2.75) is 20.4 Å².